The first-order valence-corrected chi connectivity index (χ1v) is 11.6. The fraction of sp³-hybridized carbons (Fsp3) is 0.364. The summed E-state index contributed by atoms with van der Waals surface area (Å²) in [6.45, 7) is 4.27. The molecule has 4 rings (SSSR count). The zero-order valence-electron chi connectivity index (χ0n) is 17.5. The number of ether oxygens (including phenoxy) is 1. The van der Waals surface area contributed by atoms with Crippen LogP contribution in [0.25, 0.3) is 0 Å². The van der Waals surface area contributed by atoms with E-state index in [1.54, 1.807) is 0 Å². The Labute approximate surface area is 181 Å². The van der Waals surface area contributed by atoms with Gasteiger partial charge in [0.2, 0.25) is 15.9 Å². The highest BCUT2D eigenvalue weighted by molar-refractivity contribution is 7.89. The van der Waals surface area contributed by atoms with E-state index in [1.165, 1.54) is 22.5 Å². The van der Waals surface area contributed by atoms with Gasteiger partial charge in [-0.05, 0) is 56.5 Å². The number of aryl methyl sites for hydroxylation is 2. The number of fused-ring (bicyclic) bond motifs is 1. The quantitative estimate of drug-likeness (QED) is 0.756. The molecular weight excluding hydrogens is 418 g/mol. The summed E-state index contributed by atoms with van der Waals surface area (Å²) in [5, 5.41) is 5.57. The molecule has 0 aromatic heterocycles. The van der Waals surface area contributed by atoms with Crippen LogP contribution in [0.5, 0.6) is 5.75 Å². The second-order valence-electron chi connectivity index (χ2n) is 8.00. The maximum atomic E-state index is 13.2. The van der Waals surface area contributed by atoms with Crippen molar-refractivity contribution in [3.8, 4) is 5.75 Å². The lowest BCUT2D eigenvalue weighted by Crippen LogP contribution is -2.43. The van der Waals surface area contributed by atoms with Crippen molar-refractivity contribution in [1.29, 1.82) is 0 Å². The maximum Gasteiger partial charge on any atom is 0.262 e. The molecule has 0 spiro atoms. The summed E-state index contributed by atoms with van der Waals surface area (Å²) in [4.78, 5) is 24.5. The number of nitrogens with zero attached hydrogens (tertiary/aromatic N) is 1. The number of hydrogen-bond donors (Lipinski definition) is 2. The fourth-order valence-corrected chi connectivity index (χ4v) is 5.49. The van der Waals surface area contributed by atoms with E-state index in [0.717, 1.165) is 16.8 Å². The molecule has 2 aliphatic rings. The Morgan fingerprint density at radius 1 is 1.19 bits per heavy atom. The topological polar surface area (TPSA) is 105 Å². The van der Waals surface area contributed by atoms with Gasteiger partial charge in [0.15, 0.2) is 6.61 Å². The van der Waals surface area contributed by atoms with Crippen LogP contribution >= 0.6 is 0 Å². The summed E-state index contributed by atoms with van der Waals surface area (Å²) >= 11 is 0. The van der Waals surface area contributed by atoms with Gasteiger partial charge in [0, 0.05) is 18.8 Å². The van der Waals surface area contributed by atoms with Crippen LogP contribution in [0.1, 0.15) is 24.0 Å². The fourth-order valence-electron chi connectivity index (χ4n) is 3.94. The first-order valence-electron chi connectivity index (χ1n) is 10.2. The number of anilines is 2. The number of sulfonamides is 1. The minimum atomic E-state index is -3.82. The number of nitrogens with one attached hydrogen (secondary N) is 2. The van der Waals surface area contributed by atoms with Crippen molar-refractivity contribution in [2.75, 3.05) is 30.3 Å². The Bertz CT molecular complexity index is 1150. The van der Waals surface area contributed by atoms with Gasteiger partial charge < -0.3 is 15.4 Å². The van der Waals surface area contributed by atoms with Gasteiger partial charge in [0.05, 0.1) is 16.5 Å². The number of piperidine rings is 1. The van der Waals surface area contributed by atoms with Gasteiger partial charge in [0.25, 0.3) is 5.91 Å². The van der Waals surface area contributed by atoms with Gasteiger partial charge in [-0.1, -0.05) is 17.7 Å². The molecule has 0 radical (unpaired) electrons. The number of hydrogen-bond acceptors (Lipinski definition) is 5. The molecule has 0 saturated carbocycles. The molecule has 0 bridgehead atoms. The number of amides is 2. The van der Waals surface area contributed by atoms with Gasteiger partial charge >= 0.3 is 0 Å². The van der Waals surface area contributed by atoms with Crippen molar-refractivity contribution in [2.45, 2.75) is 31.6 Å². The average molecular weight is 444 g/mol. The normalized spacial score (nSPS) is 19.2. The number of carbonyl (C=O) groups is 2. The molecule has 0 aliphatic carbocycles. The standard InChI is InChI=1S/C22H25N3O5S/c1-14-5-7-18(15(2)10-14)24-22(27)16-4-3-9-25(12-16)31(28,29)17-6-8-20-19(11-17)23-21(26)13-30-20/h5-8,10-11,16H,3-4,9,12-13H2,1-2H3,(H,23,26)(H,24,27)/t16-/m0/s1. The third kappa shape index (κ3) is 4.42. The Balaban J connectivity index is 1.50. The minimum Gasteiger partial charge on any atom is -0.482 e. The lowest BCUT2D eigenvalue weighted by atomic mass is 9.98. The van der Waals surface area contributed by atoms with Crippen LogP contribution in [0, 0.1) is 19.8 Å². The summed E-state index contributed by atoms with van der Waals surface area (Å²) < 4.78 is 33.1. The highest BCUT2D eigenvalue weighted by Gasteiger charge is 2.34. The van der Waals surface area contributed by atoms with Gasteiger partial charge in [-0.2, -0.15) is 4.31 Å². The number of carbonyl (C=O) groups excluding carboxylic acids is 2. The first-order chi connectivity index (χ1) is 14.7. The third-order valence-corrected chi connectivity index (χ3v) is 7.48. The van der Waals surface area contributed by atoms with E-state index in [0.29, 0.717) is 30.8 Å². The summed E-state index contributed by atoms with van der Waals surface area (Å²) in [6.07, 6.45) is 1.21. The summed E-state index contributed by atoms with van der Waals surface area (Å²) in [6, 6.07) is 10.2. The van der Waals surface area contributed by atoms with Crippen LogP contribution in [0.4, 0.5) is 11.4 Å². The third-order valence-electron chi connectivity index (χ3n) is 5.62. The van der Waals surface area contributed by atoms with Crippen LogP contribution < -0.4 is 15.4 Å². The van der Waals surface area contributed by atoms with Crippen LogP contribution in [0.2, 0.25) is 0 Å². The van der Waals surface area contributed by atoms with Crippen LogP contribution in [-0.4, -0.2) is 44.2 Å². The van der Waals surface area contributed by atoms with Crippen molar-refractivity contribution >= 4 is 33.2 Å². The van der Waals surface area contributed by atoms with E-state index >= 15 is 0 Å². The monoisotopic (exact) mass is 443 g/mol. The zero-order valence-corrected chi connectivity index (χ0v) is 18.3. The van der Waals surface area contributed by atoms with Crippen molar-refractivity contribution in [3.05, 3.63) is 47.5 Å². The molecule has 1 saturated heterocycles. The lowest BCUT2D eigenvalue weighted by Gasteiger charge is -2.31. The molecule has 2 aliphatic heterocycles. The average Bonchev–Trinajstić information content (AvgIpc) is 2.75. The Morgan fingerprint density at radius 3 is 2.77 bits per heavy atom. The molecule has 2 N–H and O–H groups in total. The molecule has 1 fully saturated rings. The van der Waals surface area contributed by atoms with E-state index < -0.39 is 15.9 Å². The Hall–Kier alpha value is -2.91. The van der Waals surface area contributed by atoms with Crippen molar-refractivity contribution in [1.82, 2.24) is 4.31 Å². The van der Waals surface area contributed by atoms with E-state index in [9.17, 15) is 18.0 Å². The number of rotatable bonds is 4. The van der Waals surface area contributed by atoms with Crippen molar-refractivity contribution in [3.63, 3.8) is 0 Å². The van der Waals surface area contributed by atoms with Gasteiger partial charge in [-0.15, -0.1) is 0 Å². The molecule has 2 amide bonds. The number of benzene rings is 2. The molecule has 9 heteroatoms. The van der Waals surface area contributed by atoms with Gasteiger partial charge in [-0.25, -0.2) is 8.42 Å². The van der Waals surface area contributed by atoms with Crippen LogP contribution in [0.15, 0.2) is 41.3 Å². The van der Waals surface area contributed by atoms with E-state index in [2.05, 4.69) is 10.6 Å². The predicted molar refractivity (Wildman–Crippen MR) is 117 cm³/mol. The minimum absolute atomic E-state index is 0.0625. The summed E-state index contributed by atoms with van der Waals surface area (Å²) in [5.74, 6) is -0.520. The first kappa shape index (κ1) is 21.3. The Morgan fingerprint density at radius 2 is 2.00 bits per heavy atom. The maximum absolute atomic E-state index is 13.2. The Kier molecular flexibility index (Phi) is 5.72. The summed E-state index contributed by atoms with van der Waals surface area (Å²) in [7, 11) is -3.82. The van der Waals surface area contributed by atoms with Crippen LogP contribution in [-0.2, 0) is 19.6 Å². The molecule has 2 aromatic carbocycles. The van der Waals surface area contributed by atoms with E-state index in [1.807, 2.05) is 32.0 Å². The summed E-state index contributed by atoms with van der Waals surface area (Å²) in [5.41, 5.74) is 3.14. The molecular formula is C22H25N3O5S. The van der Waals surface area contributed by atoms with Crippen molar-refractivity contribution < 1.29 is 22.7 Å². The second-order valence-corrected chi connectivity index (χ2v) is 9.94. The molecule has 31 heavy (non-hydrogen) atoms. The lowest BCUT2D eigenvalue weighted by molar-refractivity contribution is -0.121. The smallest absolute Gasteiger partial charge is 0.262 e. The highest BCUT2D eigenvalue weighted by Crippen LogP contribution is 2.32. The predicted octanol–water partition coefficient (Wildman–Crippen LogP) is 2.67. The van der Waals surface area contributed by atoms with Crippen LogP contribution in [0.3, 0.4) is 0 Å². The molecule has 1 atom stereocenters. The molecule has 0 unspecified atom stereocenters. The second kappa shape index (κ2) is 8.32. The molecule has 2 aromatic rings. The zero-order chi connectivity index (χ0) is 22.2. The SMILES string of the molecule is Cc1ccc(NC(=O)[C@H]2CCCN(S(=O)(=O)c3ccc4c(c3)NC(=O)CO4)C2)c(C)c1. The van der Waals surface area contributed by atoms with Gasteiger partial charge in [-0.3, -0.25) is 9.59 Å². The molecule has 164 valence electrons. The molecule has 8 nitrogen and oxygen atoms in total. The van der Waals surface area contributed by atoms with E-state index in [4.69, 9.17) is 4.74 Å². The van der Waals surface area contributed by atoms with Gasteiger partial charge in [0.1, 0.15) is 5.75 Å². The highest BCUT2D eigenvalue weighted by atomic mass is 32.2. The molecule has 2 heterocycles. The van der Waals surface area contributed by atoms with E-state index in [-0.39, 0.29) is 29.9 Å². The largest absolute Gasteiger partial charge is 0.482 e. The van der Waals surface area contributed by atoms with Crippen molar-refractivity contribution in [2.24, 2.45) is 5.92 Å².